The Morgan fingerprint density at radius 1 is 1.04 bits per heavy atom. The predicted molar refractivity (Wildman–Crippen MR) is 90.4 cm³/mol. The van der Waals surface area contributed by atoms with Crippen molar-refractivity contribution in [2.24, 2.45) is 7.05 Å². The summed E-state index contributed by atoms with van der Waals surface area (Å²) in [5, 5.41) is 2.03. The van der Waals surface area contributed by atoms with Crippen molar-refractivity contribution in [2.45, 2.75) is 13.0 Å². The summed E-state index contributed by atoms with van der Waals surface area (Å²) in [4.78, 5) is 16.4. The number of hydrogen-bond donors (Lipinski definition) is 1. The topological polar surface area (TPSA) is 41.7 Å². The van der Waals surface area contributed by atoms with Gasteiger partial charge in [-0.2, -0.15) is 4.57 Å². The molecule has 23 heavy (non-hydrogen) atoms. The zero-order valence-corrected chi connectivity index (χ0v) is 12.8. The lowest BCUT2D eigenvalue weighted by atomic mass is 10.0. The van der Waals surface area contributed by atoms with Gasteiger partial charge in [0.2, 0.25) is 0 Å². The largest absolute Gasteiger partial charge is 0.348 e. The van der Waals surface area contributed by atoms with E-state index in [1.807, 2.05) is 41.9 Å². The van der Waals surface area contributed by atoms with E-state index in [9.17, 15) is 4.79 Å². The highest BCUT2D eigenvalue weighted by Crippen LogP contribution is 2.32. The fourth-order valence-corrected chi connectivity index (χ4v) is 3.87. The molecule has 112 valence electrons. The van der Waals surface area contributed by atoms with Crippen LogP contribution in [0.15, 0.2) is 53.3 Å². The average molecular weight is 302 g/mol. The van der Waals surface area contributed by atoms with Gasteiger partial charge in [-0.25, -0.2) is 9.36 Å². The Bertz CT molecular complexity index is 1150. The molecule has 0 radical (unpaired) electrons. The van der Waals surface area contributed by atoms with Crippen molar-refractivity contribution >= 4 is 21.8 Å². The fraction of sp³-hybridized carbons (Fsp3) is 0.158. The van der Waals surface area contributed by atoms with Gasteiger partial charge in [-0.05, 0) is 23.8 Å². The zero-order valence-electron chi connectivity index (χ0n) is 12.8. The van der Waals surface area contributed by atoms with Gasteiger partial charge in [0, 0.05) is 17.3 Å². The lowest BCUT2D eigenvalue weighted by Gasteiger charge is -2.15. The first-order valence-corrected chi connectivity index (χ1v) is 7.87. The van der Waals surface area contributed by atoms with E-state index >= 15 is 0 Å². The molecule has 4 aromatic rings. The van der Waals surface area contributed by atoms with Crippen LogP contribution in [0.3, 0.4) is 0 Å². The second-order valence-electron chi connectivity index (χ2n) is 6.13. The summed E-state index contributed by atoms with van der Waals surface area (Å²) in [7, 11) is 2.04. The minimum Gasteiger partial charge on any atom is -0.348 e. The molecule has 1 aliphatic heterocycles. The molecule has 0 amide bonds. The van der Waals surface area contributed by atoms with Gasteiger partial charge in [0.05, 0.1) is 13.6 Å². The van der Waals surface area contributed by atoms with Crippen molar-refractivity contribution in [3.63, 3.8) is 0 Å². The van der Waals surface area contributed by atoms with E-state index in [1.165, 1.54) is 10.9 Å². The van der Waals surface area contributed by atoms with E-state index in [2.05, 4.69) is 27.8 Å². The van der Waals surface area contributed by atoms with Crippen LogP contribution in [0.2, 0.25) is 0 Å². The molecular formula is C19H16N3O+. The normalized spacial score (nSPS) is 13.3. The van der Waals surface area contributed by atoms with E-state index in [4.69, 9.17) is 0 Å². The molecule has 0 atom stereocenters. The summed E-state index contributed by atoms with van der Waals surface area (Å²) >= 11 is 0. The second-order valence-corrected chi connectivity index (χ2v) is 6.13. The Balaban J connectivity index is 1.98. The SMILES string of the molecule is C[n+]1c2n(c(=O)c3ccccc31)CCc1c-2[nH]c2ccccc12. The first-order chi connectivity index (χ1) is 11.3. The molecular weight excluding hydrogens is 286 g/mol. The smallest absolute Gasteiger partial charge is 0.345 e. The van der Waals surface area contributed by atoms with Crippen molar-refractivity contribution in [1.82, 2.24) is 9.55 Å². The van der Waals surface area contributed by atoms with E-state index in [-0.39, 0.29) is 5.56 Å². The van der Waals surface area contributed by atoms with E-state index in [0.717, 1.165) is 40.9 Å². The van der Waals surface area contributed by atoms with Crippen molar-refractivity contribution in [3.8, 4) is 11.5 Å². The maximum Gasteiger partial charge on any atom is 0.345 e. The van der Waals surface area contributed by atoms with Crippen LogP contribution in [0.25, 0.3) is 33.3 Å². The number of benzene rings is 2. The molecule has 0 aliphatic carbocycles. The Hall–Kier alpha value is -2.88. The second kappa shape index (κ2) is 4.32. The quantitative estimate of drug-likeness (QED) is 0.498. The van der Waals surface area contributed by atoms with Crippen LogP contribution in [-0.2, 0) is 20.0 Å². The number of rotatable bonds is 0. The van der Waals surface area contributed by atoms with E-state index < -0.39 is 0 Å². The zero-order chi connectivity index (χ0) is 15.6. The third-order valence-electron chi connectivity index (χ3n) is 4.94. The molecule has 3 heterocycles. The van der Waals surface area contributed by atoms with Gasteiger partial charge in [-0.15, -0.1) is 0 Å². The molecule has 4 heteroatoms. The highest BCUT2D eigenvalue weighted by Gasteiger charge is 2.31. The van der Waals surface area contributed by atoms with Gasteiger partial charge in [-0.3, -0.25) is 0 Å². The molecule has 0 bridgehead atoms. The van der Waals surface area contributed by atoms with Crippen molar-refractivity contribution in [1.29, 1.82) is 0 Å². The van der Waals surface area contributed by atoms with Gasteiger partial charge in [0.15, 0.2) is 0 Å². The lowest BCUT2D eigenvalue weighted by molar-refractivity contribution is -0.638. The summed E-state index contributed by atoms with van der Waals surface area (Å²) < 4.78 is 4.03. The third-order valence-corrected chi connectivity index (χ3v) is 4.94. The number of para-hydroxylation sites is 2. The van der Waals surface area contributed by atoms with Gasteiger partial charge in [-0.1, -0.05) is 30.3 Å². The highest BCUT2D eigenvalue weighted by molar-refractivity contribution is 5.90. The molecule has 0 unspecified atom stereocenters. The van der Waals surface area contributed by atoms with Crippen LogP contribution in [0, 0.1) is 0 Å². The number of H-pyrrole nitrogens is 1. The Morgan fingerprint density at radius 3 is 2.65 bits per heavy atom. The molecule has 1 N–H and O–H groups in total. The molecule has 2 aromatic heterocycles. The number of hydrogen-bond acceptors (Lipinski definition) is 1. The standard InChI is InChI=1S/C19H15N3O/c1-21-16-9-5-3-7-14(16)19(23)22-11-10-13-12-6-2-4-8-15(12)20-17(13)18(21)22/h2-9H,10-11H2,1H3/p+1. The predicted octanol–water partition coefficient (Wildman–Crippen LogP) is 2.53. The number of nitrogens with one attached hydrogen (secondary N) is 1. The summed E-state index contributed by atoms with van der Waals surface area (Å²) in [6.45, 7) is 0.724. The van der Waals surface area contributed by atoms with Gasteiger partial charge >= 0.3 is 11.4 Å². The molecule has 0 spiro atoms. The monoisotopic (exact) mass is 302 g/mol. The third kappa shape index (κ3) is 1.55. The van der Waals surface area contributed by atoms with Crippen LogP contribution in [0.1, 0.15) is 5.56 Å². The molecule has 0 saturated heterocycles. The van der Waals surface area contributed by atoms with E-state index in [0.29, 0.717) is 0 Å². The average Bonchev–Trinajstić information content (AvgIpc) is 2.98. The molecule has 2 aromatic carbocycles. The number of aromatic nitrogens is 3. The first-order valence-electron chi connectivity index (χ1n) is 7.87. The summed E-state index contributed by atoms with van der Waals surface area (Å²) in [5.41, 5.74) is 4.58. The van der Waals surface area contributed by atoms with Crippen LogP contribution in [0.5, 0.6) is 0 Å². The maximum atomic E-state index is 12.9. The van der Waals surface area contributed by atoms with Crippen LogP contribution < -0.4 is 10.1 Å². The van der Waals surface area contributed by atoms with Crippen LogP contribution in [0.4, 0.5) is 0 Å². The molecule has 0 saturated carbocycles. The van der Waals surface area contributed by atoms with Crippen molar-refractivity contribution in [2.75, 3.05) is 0 Å². The van der Waals surface area contributed by atoms with Crippen LogP contribution in [-0.4, -0.2) is 9.55 Å². The number of nitrogens with zero attached hydrogens (tertiary/aromatic N) is 2. The molecule has 4 nitrogen and oxygen atoms in total. The van der Waals surface area contributed by atoms with Gasteiger partial charge < -0.3 is 4.98 Å². The fourth-order valence-electron chi connectivity index (χ4n) is 3.87. The number of aryl methyl sites for hydroxylation is 2. The summed E-state index contributed by atoms with van der Waals surface area (Å²) in [5.74, 6) is 0.964. The molecule has 1 aliphatic rings. The van der Waals surface area contributed by atoms with E-state index in [1.54, 1.807) is 0 Å². The lowest BCUT2D eigenvalue weighted by Crippen LogP contribution is -2.43. The first kappa shape index (κ1) is 12.6. The Kier molecular flexibility index (Phi) is 2.37. The van der Waals surface area contributed by atoms with Crippen molar-refractivity contribution in [3.05, 3.63) is 64.4 Å². The minimum atomic E-state index is 0.0954. The van der Waals surface area contributed by atoms with Crippen molar-refractivity contribution < 1.29 is 4.57 Å². The van der Waals surface area contributed by atoms with Gasteiger partial charge in [0.25, 0.3) is 0 Å². The summed E-state index contributed by atoms with van der Waals surface area (Å²) in [6, 6.07) is 16.2. The minimum absolute atomic E-state index is 0.0954. The maximum absolute atomic E-state index is 12.9. The van der Waals surface area contributed by atoms with Crippen LogP contribution >= 0.6 is 0 Å². The highest BCUT2D eigenvalue weighted by atomic mass is 16.1. The number of aromatic amines is 1. The summed E-state index contributed by atoms with van der Waals surface area (Å²) in [6.07, 6.45) is 0.880. The Labute approximate surface area is 132 Å². The molecule has 5 rings (SSSR count). The molecule has 0 fully saturated rings. The Morgan fingerprint density at radius 2 is 1.78 bits per heavy atom. The van der Waals surface area contributed by atoms with Gasteiger partial charge in [0.1, 0.15) is 16.6 Å². The number of fused-ring (bicyclic) bond motifs is 6.